The van der Waals surface area contributed by atoms with Gasteiger partial charge in [-0.1, -0.05) is 18.2 Å². The van der Waals surface area contributed by atoms with Crippen LogP contribution in [0, 0.1) is 17.1 Å². The van der Waals surface area contributed by atoms with Gasteiger partial charge in [-0.15, -0.1) is 0 Å². The van der Waals surface area contributed by atoms with Crippen molar-refractivity contribution in [3.63, 3.8) is 0 Å². The molecule has 0 N–H and O–H groups in total. The monoisotopic (exact) mass is 335 g/mol. The predicted molar refractivity (Wildman–Crippen MR) is 91.9 cm³/mol. The van der Waals surface area contributed by atoms with Crippen LogP contribution in [0.25, 0.3) is 21.9 Å². The van der Waals surface area contributed by atoms with E-state index in [1.165, 1.54) is 26.4 Å². The molecule has 0 saturated heterocycles. The molecule has 0 aliphatic heterocycles. The van der Waals surface area contributed by atoms with Gasteiger partial charge in [-0.2, -0.15) is 5.26 Å². The molecule has 0 radical (unpaired) electrons. The number of nitrogens with zero attached hydrogens (tertiary/aromatic N) is 1. The van der Waals surface area contributed by atoms with Crippen LogP contribution in [-0.4, -0.2) is 20.2 Å². The molecule has 3 aromatic carbocycles. The average Bonchev–Trinajstić information content (AvgIpc) is 2.65. The van der Waals surface area contributed by atoms with E-state index >= 15 is 0 Å². The molecule has 0 fully saturated rings. The Morgan fingerprint density at radius 3 is 2.52 bits per heavy atom. The predicted octanol–water partition coefficient (Wildman–Crippen LogP) is 4.31. The van der Waals surface area contributed by atoms with Crippen LogP contribution in [-0.2, 0) is 4.74 Å². The summed E-state index contributed by atoms with van der Waals surface area (Å²) in [5, 5.41) is 10.9. The van der Waals surface area contributed by atoms with Gasteiger partial charge in [0, 0.05) is 5.56 Å². The molecule has 5 heteroatoms. The summed E-state index contributed by atoms with van der Waals surface area (Å²) in [4.78, 5) is 11.9. The van der Waals surface area contributed by atoms with E-state index < -0.39 is 11.8 Å². The zero-order chi connectivity index (χ0) is 18.0. The van der Waals surface area contributed by atoms with Crippen LogP contribution in [0.5, 0.6) is 5.75 Å². The van der Waals surface area contributed by atoms with Gasteiger partial charge in [0.15, 0.2) is 0 Å². The van der Waals surface area contributed by atoms with E-state index in [0.29, 0.717) is 22.3 Å². The summed E-state index contributed by atoms with van der Waals surface area (Å²) < 4.78 is 24.7. The largest absolute Gasteiger partial charge is 0.496 e. The molecular formula is C20H14FNO3. The lowest BCUT2D eigenvalue weighted by molar-refractivity contribution is 0.0601. The molecule has 124 valence electrons. The zero-order valence-electron chi connectivity index (χ0n) is 13.7. The highest BCUT2D eigenvalue weighted by atomic mass is 19.1. The van der Waals surface area contributed by atoms with Gasteiger partial charge in [0.2, 0.25) is 0 Å². The molecular weight excluding hydrogens is 321 g/mol. The van der Waals surface area contributed by atoms with Crippen molar-refractivity contribution in [1.82, 2.24) is 0 Å². The Labute approximate surface area is 144 Å². The zero-order valence-corrected chi connectivity index (χ0v) is 13.7. The molecule has 25 heavy (non-hydrogen) atoms. The summed E-state index contributed by atoms with van der Waals surface area (Å²) in [7, 11) is 2.73. The third kappa shape index (κ3) is 2.79. The van der Waals surface area contributed by atoms with Crippen LogP contribution in [0.1, 0.15) is 15.9 Å². The summed E-state index contributed by atoms with van der Waals surface area (Å²) in [6.45, 7) is 0. The van der Waals surface area contributed by atoms with Crippen LogP contribution < -0.4 is 4.74 Å². The average molecular weight is 335 g/mol. The van der Waals surface area contributed by atoms with Crippen molar-refractivity contribution in [3.05, 3.63) is 65.5 Å². The molecule has 0 aliphatic carbocycles. The summed E-state index contributed by atoms with van der Waals surface area (Å²) in [5.41, 5.74) is 1.19. The Morgan fingerprint density at radius 1 is 1.08 bits per heavy atom. The number of carbonyl (C=O) groups is 1. The van der Waals surface area contributed by atoms with E-state index in [0.717, 1.165) is 5.39 Å². The number of methoxy groups -OCH3 is 2. The van der Waals surface area contributed by atoms with Crippen molar-refractivity contribution in [2.45, 2.75) is 0 Å². The third-order valence-corrected chi connectivity index (χ3v) is 4.01. The first kappa shape index (κ1) is 16.5. The smallest absolute Gasteiger partial charge is 0.337 e. The standard InChI is InChI=1S/C20H14FNO3/c1-24-17-5-3-4-16(21)19(17)18-14(11-22)9-7-12-6-8-13(10-15(12)18)20(23)25-2/h3-10H,1-2H3. The lowest BCUT2D eigenvalue weighted by Gasteiger charge is -2.14. The molecule has 0 heterocycles. The van der Waals surface area contributed by atoms with Gasteiger partial charge in [0.05, 0.1) is 37.0 Å². The minimum Gasteiger partial charge on any atom is -0.496 e. The number of hydrogen-bond donors (Lipinski definition) is 0. The number of hydrogen-bond acceptors (Lipinski definition) is 4. The first-order valence-electron chi connectivity index (χ1n) is 7.48. The van der Waals surface area contributed by atoms with E-state index in [2.05, 4.69) is 6.07 Å². The van der Waals surface area contributed by atoms with E-state index in [1.54, 1.807) is 36.4 Å². The van der Waals surface area contributed by atoms with E-state index in [-0.39, 0.29) is 11.1 Å². The highest BCUT2D eigenvalue weighted by Gasteiger charge is 2.19. The van der Waals surface area contributed by atoms with Gasteiger partial charge in [0.1, 0.15) is 11.6 Å². The fourth-order valence-electron chi connectivity index (χ4n) is 2.84. The van der Waals surface area contributed by atoms with E-state index in [9.17, 15) is 14.4 Å². The number of benzene rings is 3. The number of halogens is 1. The van der Waals surface area contributed by atoms with Gasteiger partial charge in [-0.3, -0.25) is 0 Å². The highest BCUT2D eigenvalue weighted by Crippen LogP contribution is 2.39. The lowest BCUT2D eigenvalue weighted by Crippen LogP contribution is -2.01. The molecule has 0 atom stereocenters. The first-order chi connectivity index (χ1) is 12.1. The van der Waals surface area contributed by atoms with Crippen molar-refractivity contribution >= 4 is 16.7 Å². The van der Waals surface area contributed by atoms with Crippen LogP contribution in [0.3, 0.4) is 0 Å². The molecule has 3 aromatic rings. The van der Waals surface area contributed by atoms with Crippen molar-refractivity contribution in [3.8, 4) is 22.9 Å². The Kier molecular flexibility index (Phi) is 4.36. The van der Waals surface area contributed by atoms with Crippen LogP contribution in [0.15, 0.2) is 48.5 Å². The van der Waals surface area contributed by atoms with Crippen molar-refractivity contribution in [1.29, 1.82) is 5.26 Å². The molecule has 0 spiro atoms. The molecule has 4 nitrogen and oxygen atoms in total. The normalized spacial score (nSPS) is 10.3. The highest BCUT2D eigenvalue weighted by molar-refractivity contribution is 6.04. The van der Waals surface area contributed by atoms with Crippen LogP contribution in [0.4, 0.5) is 4.39 Å². The molecule has 0 aromatic heterocycles. The molecule has 0 amide bonds. The summed E-state index contributed by atoms with van der Waals surface area (Å²) >= 11 is 0. The quantitative estimate of drug-likeness (QED) is 0.669. The minimum absolute atomic E-state index is 0.189. The number of carbonyl (C=O) groups excluding carboxylic acids is 1. The van der Waals surface area contributed by atoms with Gasteiger partial charge in [0.25, 0.3) is 0 Å². The maximum absolute atomic E-state index is 14.6. The fraction of sp³-hybridized carbons (Fsp3) is 0.100. The maximum Gasteiger partial charge on any atom is 0.337 e. The van der Waals surface area contributed by atoms with Gasteiger partial charge < -0.3 is 9.47 Å². The molecule has 0 unspecified atom stereocenters. The van der Waals surface area contributed by atoms with Crippen LogP contribution >= 0.6 is 0 Å². The minimum atomic E-state index is -0.508. The molecule has 3 rings (SSSR count). The van der Waals surface area contributed by atoms with E-state index in [1.807, 2.05) is 0 Å². The Bertz CT molecular complexity index is 1020. The summed E-state index contributed by atoms with van der Waals surface area (Å²) in [6, 6.07) is 14.9. The third-order valence-electron chi connectivity index (χ3n) is 4.01. The summed E-state index contributed by atoms with van der Waals surface area (Å²) in [6.07, 6.45) is 0. The van der Waals surface area contributed by atoms with Crippen LogP contribution in [0.2, 0.25) is 0 Å². The SMILES string of the molecule is COC(=O)c1ccc2ccc(C#N)c(-c3c(F)cccc3OC)c2c1. The topological polar surface area (TPSA) is 59.3 Å². The Balaban J connectivity index is 2.44. The Hall–Kier alpha value is -3.39. The second-order valence-electron chi connectivity index (χ2n) is 5.34. The summed E-state index contributed by atoms with van der Waals surface area (Å²) in [5.74, 6) is -0.699. The van der Waals surface area contributed by atoms with Crippen molar-refractivity contribution in [2.75, 3.05) is 14.2 Å². The molecule has 0 bridgehead atoms. The van der Waals surface area contributed by atoms with Gasteiger partial charge in [-0.25, -0.2) is 9.18 Å². The second kappa shape index (κ2) is 6.62. The van der Waals surface area contributed by atoms with Crippen molar-refractivity contribution < 1.29 is 18.7 Å². The second-order valence-corrected chi connectivity index (χ2v) is 5.34. The van der Waals surface area contributed by atoms with Gasteiger partial charge >= 0.3 is 5.97 Å². The van der Waals surface area contributed by atoms with Gasteiger partial charge in [-0.05, 0) is 41.1 Å². The number of nitriles is 1. The van der Waals surface area contributed by atoms with E-state index in [4.69, 9.17) is 9.47 Å². The molecule has 0 saturated carbocycles. The fourth-order valence-corrected chi connectivity index (χ4v) is 2.84. The van der Waals surface area contributed by atoms with Crippen molar-refractivity contribution in [2.24, 2.45) is 0 Å². The number of ether oxygens (including phenoxy) is 2. The first-order valence-corrected chi connectivity index (χ1v) is 7.48. The number of fused-ring (bicyclic) bond motifs is 1. The number of rotatable bonds is 3. The Morgan fingerprint density at radius 2 is 1.84 bits per heavy atom. The number of esters is 1. The molecule has 0 aliphatic rings. The maximum atomic E-state index is 14.6. The lowest BCUT2D eigenvalue weighted by atomic mass is 9.92.